The molecule has 2 amide bonds. The number of azo groups is 2. The first-order valence-electron chi connectivity index (χ1n) is 18.0. The number of hydrogen-bond donors (Lipinski definition) is 6. The van der Waals surface area contributed by atoms with Crippen molar-refractivity contribution >= 4 is 69.8 Å². The Kier molecular flexibility index (Phi) is 16.3. The number of para-hydroxylation sites is 1. The zero-order valence-electron chi connectivity index (χ0n) is 32.9. The minimum atomic E-state index is -0.741. The Morgan fingerprint density at radius 3 is 1.86 bits per heavy atom. The number of anilines is 4. The van der Waals surface area contributed by atoms with E-state index in [9.17, 15) is 19.2 Å². The third-order valence-electron chi connectivity index (χ3n) is 7.85. The van der Waals surface area contributed by atoms with Gasteiger partial charge >= 0.3 is 11.9 Å². The molecule has 0 aliphatic rings. The standard InChI is InChI=1S/C38H48N14O6/c1-23(39)38(56)46-32-15-12-27(37(41)45-32)49-50-28-20-24(10-13-30(28)58-34(54)16-18-51(3)4)22-52(5)19-17-35(55)57-29-9-7-6-8-25(29)47-48-26-11-14-31(44-36(26)40)43-33(53)21-42-2/h6-15,20,23,42H,16-19,21-22,39H2,1-5H3,(H3,40,43,44,53)(H3,41,45,46,56)/t23-/m0/s1. The minimum absolute atomic E-state index is 0.00436. The first kappa shape index (κ1) is 44.0. The predicted molar refractivity (Wildman–Crippen MR) is 219 cm³/mol. The highest BCUT2D eigenvalue weighted by Crippen LogP contribution is 2.33. The molecule has 2 aromatic carbocycles. The average molecular weight is 797 g/mol. The van der Waals surface area contributed by atoms with Crippen LogP contribution in [-0.4, -0.2) is 97.4 Å². The molecule has 0 unspecified atom stereocenters. The number of carbonyl (C=O) groups excluding carboxylic acids is 4. The van der Waals surface area contributed by atoms with Gasteiger partial charge in [-0.25, -0.2) is 9.97 Å². The van der Waals surface area contributed by atoms with E-state index in [2.05, 4.69) is 46.4 Å². The predicted octanol–water partition coefficient (Wildman–Crippen LogP) is 4.20. The molecule has 2 heterocycles. The maximum Gasteiger partial charge on any atom is 0.312 e. The maximum absolute atomic E-state index is 13.0. The molecule has 0 saturated carbocycles. The number of rotatable bonds is 19. The van der Waals surface area contributed by atoms with E-state index >= 15 is 0 Å². The van der Waals surface area contributed by atoms with Gasteiger partial charge in [0.25, 0.3) is 0 Å². The Balaban J connectivity index is 1.41. The number of nitrogens with zero attached hydrogens (tertiary/aromatic N) is 8. The van der Waals surface area contributed by atoms with Gasteiger partial charge in [-0.3, -0.25) is 19.2 Å². The second-order valence-electron chi connectivity index (χ2n) is 13.2. The first-order valence-corrected chi connectivity index (χ1v) is 18.0. The van der Waals surface area contributed by atoms with E-state index in [1.807, 2.05) is 30.9 Å². The summed E-state index contributed by atoms with van der Waals surface area (Å²) in [6.07, 6.45) is 0.198. The molecule has 306 valence electrons. The summed E-state index contributed by atoms with van der Waals surface area (Å²) in [5.74, 6) is -0.740. The van der Waals surface area contributed by atoms with Crippen LogP contribution in [0.1, 0.15) is 25.3 Å². The lowest BCUT2D eigenvalue weighted by Crippen LogP contribution is -2.32. The number of likely N-dealkylation sites (N-methyl/N-ethyl adjacent to an activating group) is 1. The molecule has 58 heavy (non-hydrogen) atoms. The number of nitrogens with two attached hydrogens (primary N) is 3. The van der Waals surface area contributed by atoms with Crippen LogP contribution < -0.4 is 42.6 Å². The number of ether oxygens (including phenoxy) is 2. The molecule has 4 aromatic rings. The summed E-state index contributed by atoms with van der Waals surface area (Å²) in [5.41, 5.74) is 19.5. The molecule has 9 N–H and O–H groups in total. The summed E-state index contributed by atoms with van der Waals surface area (Å²) in [4.78, 5) is 61.4. The van der Waals surface area contributed by atoms with Crippen LogP contribution in [0.5, 0.6) is 11.5 Å². The summed E-state index contributed by atoms with van der Waals surface area (Å²) >= 11 is 0. The second-order valence-corrected chi connectivity index (χ2v) is 13.2. The fraction of sp³-hybridized carbons (Fsp3) is 0.316. The number of carbonyl (C=O) groups is 4. The van der Waals surface area contributed by atoms with Gasteiger partial charge in [-0.15, -0.1) is 20.5 Å². The Morgan fingerprint density at radius 2 is 1.28 bits per heavy atom. The van der Waals surface area contributed by atoms with Crippen molar-refractivity contribution in [2.24, 2.45) is 26.2 Å². The summed E-state index contributed by atoms with van der Waals surface area (Å²) in [6.45, 7) is 2.86. The van der Waals surface area contributed by atoms with Crippen LogP contribution in [0.2, 0.25) is 0 Å². The monoisotopic (exact) mass is 796 g/mol. The van der Waals surface area contributed by atoms with Gasteiger partial charge in [0.2, 0.25) is 11.8 Å². The van der Waals surface area contributed by atoms with Gasteiger partial charge in [-0.1, -0.05) is 18.2 Å². The smallest absolute Gasteiger partial charge is 0.312 e. The van der Waals surface area contributed by atoms with Gasteiger partial charge in [-0.05, 0) is 89.2 Å². The molecule has 0 aliphatic heterocycles. The maximum atomic E-state index is 13.0. The third-order valence-corrected chi connectivity index (χ3v) is 7.85. The zero-order valence-corrected chi connectivity index (χ0v) is 32.9. The van der Waals surface area contributed by atoms with Crippen molar-refractivity contribution in [2.45, 2.75) is 32.4 Å². The zero-order chi connectivity index (χ0) is 42.2. The SMILES string of the molecule is CNCC(=O)Nc1ccc(N=Nc2ccccc2OC(=O)CCN(C)Cc2ccc(OC(=O)CCN(C)C)c(N=Nc3ccc(NC(=O)[C@H](C)N)nc3N)c2)c(N)n1. The molecule has 0 saturated heterocycles. The van der Waals surface area contributed by atoms with Crippen LogP contribution in [0.3, 0.4) is 0 Å². The summed E-state index contributed by atoms with van der Waals surface area (Å²) in [6, 6.07) is 17.2. The number of aromatic nitrogens is 2. The van der Waals surface area contributed by atoms with Crippen molar-refractivity contribution in [3.8, 4) is 11.5 Å². The Labute approximate surface area is 335 Å². The topological polar surface area (TPSA) is 283 Å². The van der Waals surface area contributed by atoms with Crippen LogP contribution in [0.25, 0.3) is 0 Å². The number of benzene rings is 2. The van der Waals surface area contributed by atoms with Crippen LogP contribution in [0.15, 0.2) is 87.2 Å². The van der Waals surface area contributed by atoms with E-state index in [1.54, 1.807) is 68.6 Å². The van der Waals surface area contributed by atoms with Gasteiger partial charge in [0.15, 0.2) is 23.1 Å². The second kappa shape index (κ2) is 21.5. The van der Waals surface area contributed by atoms with Crippen molar-refractivity contribution in [1.82, 2.24) is 25.1 Å². The highest BCUT2D eigenvalue weighted by Gasteiger charge is 2.16. The lowest BCUT2D eigenvalue weighted by molar-refractivity contribution is -0.135. The lowest BCUT2D eigenvalue weighted by Gasteiger charge is -2.17. The summed E-state index contributed by atoms with van der Waals surface area (Å²) in [5, 5.41) is 24.9. The molecule has 20 nitrogen and oxygen atoms in total. The van der Waals surface area contributed by atoms with Crippen LogP contribution in [-0.2, 0) is 25.7 Å². The molecule has 0 bridgehead atoms. The number of nitrogens with one attached hydrogen (secondary N) is 3. The van der Waals surface area contributed by atoms with Gasteiger partial charge in [-0.2, -0.15) is 0 Å². The molecular weight excluding hydrogens is 749 g/mol. The number of hydrogen-bond acceptors (Lipinski definition) is 18. The summed E-state index contributed by atoms with van der Waals surface area (Å²) in [7, 11) is 7.19. The summed E-state index contributed by atoms with van der Waals surface area (Å²) < 4.78 is 11.3. The Morgan fingerprint density at radius 1 is 0.724 bits per heavy atom. The van der Waals surface area contributed by atoms with Crippen molar-refractivity contribution in [1.29, 1.82) is 0 Å². The molecular formula is C38H48N14O6. The van der Waals surface area contributed by atoms with Crippen LogP contribution in [0.4, 0.5) is 46.0 Å². The minimum Gasteiger partial charge on any atom is -0.424 e. The number of pyridine rings is 2. The lowest BCUT2D eigenvalue weighted by atomic mass is 10.1. The number of amides is 2. The van der Waals surface area contributed by atoms with E-state index in [-0.39, 0.29) is 77.1 Å². The van der Waals surface area contributed by atoms with E-state index in [0.717, 1.165) is 5.56 Å². The first-order chi connectivity index (χ1) is 27.7. The van der Waals surface area contributed by atoms with Gasteiger partial charge < -0.3 is 52.4 Å². The molecule has 4 rings (SSSR count). The van der Waals surface area contributed by atoms with E-state index in [4.69, 9.17) is 26.7 Å². The molecule has 1 atom stereocenters. The van der Waals surface area contributed by atoms with Gasteiger partial charge in [0.05, 0.1) is 25.4 Å². The van der Waals surface area contributed by atoms with Crippen molar-refractivity contribution in [3.05, 3.63) is 72.3 Å². The number of esters is 2. The van der Waals surface area contributed by atoms with Crippen LogP contribution in [0, 0.1) is 0 Å². The molecule has 0 spiro atoms. The highest BCUT2D eigenvalue weighted by molar-refractivity contribution is 5.94. The van der Waals surface area contributed by atoms with Crippen molar-refractivity contribution in [3.63, 3.8) is 0 Å². The van der Waals surface area contributed by atoms with E-state index in [1.165, 1.54) is 12.1 Å². The number of nitrogen functional groups attached to an aromatic ring is 2. The normalized spacial score (nSPS) is 11.9. The van der Waals surface area contributed by atoms with Crippen molar-refractivity contribution in [2.75, 3.05) is 69.9 Å². The molecule has 0 fully saturated rings. The molecule has 0 aliphatic carbocycles. The van der Waals surface area contributed by atoms with Gasteiger partial charge in [0.1, 0.15) is 34.4 Å². The quantitative estimate of drug-likeness (QED) is 0.0441. The van der Waals surface area contributed by atoms with E-state index < -0.39 is 23.9 Å². The fourth-order valence-electron chi connectivity index (χ4n) is 4.83. The van der Waals surface area contributed by atoms with E-state index in [0.29, 0.717) is 25.3 Å². The third kappa shape index (κ3) is 14.1. The highest BCUT2D eigenvalue weighted by atomic mass is 16.5. The molecule has 2 aromatic heterocycles. The Bertz CT molecular complexity index is 2140. The Hall–Kier alpha value is -6.74. The average Bonchev–Trinajstić information content (AvgIpc) is 3.17. The fourth-order valence-corrected chi connectivity index (χ4v) is 4.83. The van der Waals surface area contributed by atoms with Gasteiger partial charge in [0, 0.05) is 19.6 Å². The van der Waals surface area contributed by atoms with Crippen LogP contribution >= 0.6 is 0 Å². The molecule has 0 radical (unpaired) electrons. The van der Waals surface area contributed by atoms with Crippen molar-refractivity contribution < 1.29 is 28.7 Å². The molecule has 20 heteroatoms. The largest absolute Gasteiger partial charge is 0.424 e.